The molecule has 27 heavy (non-hydrogen) atoms. The fraction of sp³-hybridized carbons (Fsp3) is 0. The highest BCUT2D eigenvalue weighted by molar-refractivity contribution is 5.82. The van der Waals surface area contributed by atoms with Crippen LogP contribution < -0.4 is 11.1 Å². The van der Waals surface area contributed by atoms with Crippen molar-refractivity contribution in [1.29, 1.82) is 0 Å². The predicted molar refractivity (Wildman–Crippen MR) is 100 cm³/mol. The van der Waals surface area contributed by atoms with Gasteiger partial charge in [0.2, 0.25) is 0 Å². The molecule has 2 aromatic heterocycles. The first-order valence-electron chi connectivity index (χ1n) is 8.05. The lowest BCUT2D eigenvalue weighted by molar-refractivity contribution is 0.404. The van der Waals surface area contributed by atoms with Gasteiger partial charge in [-0.25, -0.2) is 4.40 Å². The van der Waals surface area contributed by atoms with Crippen molar-refractivity contribution in [2.75, 3.05) is 0 Å². The summed E-state index contributed by atoms with van der Waals surface area (Å²) < 4.78 is 0.936. The van der Waals surface area contributed by atoms with Crippen molar-refractivity contribution in [2.24, 2.45) is 0 Å². The summed E-state index contributed by atoms with van der Waals surface area (Å²) in [7, 11) is 0. The van der Waals surface area contributed by atoms with Crippen molar-refractivity contribution >= 4 is 5.65 Å². The number of hydrogen-bond acceptors (Lipinski definition) is 5. The van der Waals surface area contributed by atoms with Crippen molar-refractivity contribution in [3.05, 3.63) is 81.4 Å². The Kier molecular flexibility index (Phi) is 3.70. The minimum atomic E-state index is -0.663. The average molecular weight is 362 g/mol. The third kappa shape index (κ3) is 2.71. The van der Waals surface area contributed by atoms with Crippen molar-refractivity contribution in [3.8, 4) is 39.6 Å². The van der Waals surface area contributed by atoms with Gasteiger partial charge in [0.15, 0.2) is 11.5 Å². The summed E-state index contributed by atoms with van der Waals surface area (Å²) in [6.07, 6.45) is 0. The number of fused-ring (bicyclic) bond motifs is 1. The highest BCUT2D eigenvalue weighted by Gasteiger charge is 2.18. The van der Waals surface area contributed by atoms with E-state index in [9.17, 15) is 24.9 Å². The predicted octanol–water partition coefficient (Wildman–Crippen LogP) is 2.44. The van der Waals surface area contributed by atoms with Crippen LogP contribution in [0.2, 0.25) is 0 Å². The van der Waals surface area contributed by atoms with Crippen LogP contribution in [0.3, 0.4) is 0 Å². The molecule has 0 aliphatic rings. The van der Waals surface area contributed by atoms with Crippen LogP contribution in [0.25, 0.3) is 28.0 Å². The van der Waals surface area contributed by atoms with Crippen LogP contribution in [0.1, 0.15) is 0 Å². The number of rotatable bonds is 2. The smallest absolute Gasteiger partial charge is 0.269 e. The second-order valence-electron chi connectivity index (χ2n) is 6.02. The standard InChI is InChI=1S/C20H14N2O5/c23-13-9-16-21-19(12-6-7-14(24)15(25)8-12)18(11-4-2-1-3-5-11)20(27)22(16)17(26)10-13/h1-10,21,23-25H. The van der Waals surface area contributed by atoms with Crippen LogP contribution in [0, 0.1) is 0 Å². The Bertz CT molecular complexity index is 1290. The Morgan fingerprint density at radius 2 is 1.52 bits per heavy atom. The van der Waals surface area contributed by atoms with Crippen LogP contribution in [0.15, 0.2) is 70.3 Å². The van der Waals surface area contributed by atoms with Gasteiger partial charge >= 0.3 is 0 Å². The van der Waals surface area contributed by atoms with Crippen LogP contribution >= 0.6 is 0 Å². The molecule has 0 unspecified atom stereocenters. The fourth-order valence-corrected chi connectivity index (χ4v) is 3.03. The molecule has 0 fully saturated rings. The highest BCUT2D eigenvalue weighted by Crippen LogP contribution is 2.33. The minimum absolute atomic E-state index is 0.104. The van der Waals surface area contributed by atoms with Crippen LogP contribution in [0.5, 0.6) is 17.2 Å². The molecule has 0 amide bonds. The van der Waals surface area contributed by atoms with Crippen molar-refractivity contribution < 1.29 is 15.3 Å². The molecule has 4 rings (SSSR count). The van der Waals surface area contributed by atoms with Gasteiger partial charge in [-0.15, -0.1) is 0 Å². The van der Waals surface area contributed by atoms with Crippen molar-refractivity contribution in [2.45, 2.75) is 0 Å². The molecule has 2 aromatic carbocycles. The SMILES string of the molecule is O=c1cc(O)cc2[nH]c(-c3ccc(O)c(O)c3)c(-c3ccccc3)c(=O)n12. The second-order valence-corrected chi connectivity index (χ2v) is 6.02. The Morgan fingerprint density at radius 3 is 2.22 bits per heavy atom. The highest BCUT2D eigenvalue weighted by atomic mass is 16.3. The van der Waals surface area contributed by atoms with Gasteiger partial charge in [-0.1, -0.05) is 30.3 Å². The number of H-pyrrole nitrogens is 1. The molecule has 7 heteroatoms. The molecule has 2 heterocycles. The van der Waals surface area contributed by atoms with Crippen LogP contribution in [0.4, 0.5) is 0 Å². The number of nitrogens with zero attached hydrogens (tertiary/aromatic N) is 1. The first-order chi connectivity index (χ1) is 13.0. The van der Waals surface area contributed by atoms with E-state index in [4.69, 9.17) is 0 Å². The Balaban J connectivity index is 2.17. The zero-order chi connectivity index (χ0) is 19.1. The Morgan fingerprint density at radius 1 is 0.778 bits per heavy atom. The van der Waals surface area contributed by atoms with E-state index in [1.807, 2.05) is 0 Å². The molecule has 0 aliphatic carbocycles. The lowest BCUT2D eigenvalue weighted by Crippen LogP contribution is -2.28. The molecule has 0 spiro atoms. The third-order valence-electron chi connectivity index (χ3n) is 4.26. The molecule has 0 bridgehead atoms. The van der Waals surface area contributed by atoms with E-state index in [1.54, 1.807) is 30.3 Å². The maximum absolute atomic E-state index is 13.2. The quantitative estimate of drug-likeness (QED) is 0.409. The number of phenols is 2. The summed E-state index contributed by atoms with van der Waals surface area (Å²) in [5, 5.41) is 29.2. The molecule has 0 radical (unpaired) electrons. The summed E-state index contributed by atoms with van der Waals surface area (Å²) in [4.78, 5) is 28.4. The monoisotopic (exact) mass is 362 g/mol. The number of aromatic hydroxyl groups is 3. The molecule has 134 valence electrons. The zero-order valence-electron chi connectivity index (χ0n) is 13.9. The average Bonchev–Trinajstić information content (AvgIpc) is 2.63. The maximum atomic E-state index is 13.2. The number of pyridine rings is 1. The van der Waals surface area contributed by atoms with Crippen molar-refractivity contribution in [1.82, 2.24) is 9.38 Å². The van der Waals surface area contributed by atoms with Crippen LogP contribution in [-0.2, 0) is 0 Å². The summed E-state index contributed by atoms with van der Waals surface area (Å²) in [5.41, 5.74) is 0.438. The number of aromatic nitrogens is 2. The van der Waals surface area contributed by atoms with Gasteiger partial charge in [-0.05, 0) is 23.8 Å². The van der Waals surface area contributed by atoms with E-state index in [1.165, 1.54) is 24.3 Å². The third-order valence-corrected chi connectivity index (χ3v) is 4.26. The van der Waals surface area contributed by atoms with Crippen LogP contribution in [-0.4, -0.2) is 24.7 Å². The molecule has 4 aromatic rings. The van der Waals surface area contributed by atoms with Gasteiger partial charge in [0.1, 0.15) is 11.4 Å². The van der Waals surface area contributed by atoms with Gasteiger partial charge in [-0.3, -0.25) is 9.59 Å². The molecular weight excluding hydrogens is 348 g/mol. The lowest BCUT2D eigenvalue weighted by Gasteiger charge is -2.13. The number of benzene rings is 2. The summed E-state index contributed by atoms with van der Waals surface area (Å²) >= 11 is 0. The molecule has 0 saturated heterocycles. The van der Waals surface area contributed by atoms with E-state index < -0.39 is 11.1 Å². The van der Waals surface area contributed by atoms with E-state index >= 15 is 0 Å². The van der Waals surface area contributed by atoms with Crippen molar-refractivity contribution in [3.63, 3.8) is 0 Å². The molecule has 0 aliphatic heterocycles. The lowest BCUT2D eigenvalue weighted by atomic mass is 10.00. The summed E-state index contributed by atoms with van der Waals surface area (Å²) in [6.45, 7) is 0. The first-order valence-corrected chi connectivity index (χ1v) is 8.05. The fourth-order valence-electron chi connectivity index (χ4n) is 3.03. The molecule has 7 nitrogen and oxygen atoms in total. The molecular formula is C20H14N2O5. The van der Waals surface area contributed by atoms with E-state index in [0.29, 0.717) is 16.8 Å². The topological polar surface area (TPSA) is 115 Å². The van der Waals surface area contributed by atoms with E-state index in [-0.39, 0.29) is 28.5 Å². The number of hydrogen-bond donors (Lipinski definition) is 4. The van der Waals surface area contributed by atoms with Gasteiger partial charge in [0.25, 0.3) is 11.1 Å². The summed E-state index contributed by atoms with van der Waals surface area (Å²) in [5.74, 6) is -0.917. The van der Waals surface area contributed by atoms with Gasteiger partial charge in [0, 0.05) is 17.7 Å². The number of aromatic amines is 1. The van der Waals surface area contributed by atoms with E-state index in [0.717, 1.165) is 10.5 Å². The van der Waals surface area contributed by atoms with Gasteiger partial charge in [-0.2, -0.15) is 0 Å². The second kappa shape index (κ2) is 6.06. The summed E-state index contributed by atoms with van der Waals surface area (Å²) in [6, 6.07) is 15.1. The maximum Gasteiger partial charge on any atom is 0.269 e. The number of phenolic OH excluding ortho intramolecular Hbond substituents is 2. The largest absolute Gasteiger partial charge is 0.508 e. The molecule has 4 N–H and O–H groups in total. The first kappa shape index (κ1) is 16.5. The Labute approximate surface area is 152 Å². The van der Waals surface area contributed by atoms with Gasteiger partial charge in [0.05, 0.1) is 11.3 Å². The number of nitrogens with one attached hydrogen (secondary N) is 1. The molecule has 0 atom stereocenters. The zero-order valence-corrected chi connectivity index (χ0v) is 13.9. The van der Waals surface area contributed by atoms with Gasteiger partial charge < -0.3 is 20.3 Å². The van der Waals surface area contributed by atoms with E-state index in [2.05, 4.69) is 4.98 Å². The minimum Gasteiger partial charge on any atom is -0.508 e. The Hall–Kier alpha value is -4.00. The molecule has 0 saturated carbocycles. The normalized spacial score (nSPS) is 11.0.